The van der Waals surface area contributed by atoms with Gasteiger partial charge in [-0.15, -0.1) is 0 Å². The average molecular weight is 365 g/mol. The van der Waals surface area contributed by atoms with E-state index in [1.54, 1.807) is 21.9 Å². The van der Waals surface area contributed by atoms with Gasteiger partial charge in [-0.05, 0) is 18.2 Å². The summed E-state index contributed by atoms with van der Waals surface area (Å²) in [7, 11) is 1.92. The lowest BCUT2D eigenvalue weighted by Crippen LogP contribution is -2.50. The molecule has 6 heteroatoms. The number of rotatable bonds is 2. The number of aryl methyl sites for hydroxylation is 1. The van der Waals surface area contributed by atoms with Crippen LogP contribution in [0.15, 0.2) is 54.7 Å². The summed E-state index contributed by atoms with van der Waals surface area (Å²) in [5, 5.41) is 0.926. The van der Waals surface area contributed by atoms with Crippen molar-refractivity contribution in [2.75, 3.05) is 26.2 Å². The Morgan fingerprint density at radius 2 is 1.37 bits per heavy atom. The Morgan fingerprint density at radius 1 is 0.815 bits per heavy atom. The van der Waals surface area contributed by atoms with E-state index in [1.807, 2.05) is 42.1 Å². The van der Waals surface area contributed by atoms with Crippen LogP contribution >= 0.6 is 0 Å². The van der Waals surface area contributed by atoms with E-state index in [1.165, 1.54) is 12.1 Å². The van der Waals surface area contributed by atoms with Crippen molar-refractivity contribution in [1.82, 2.24) is 14.4 Å². The molecule has 2 amide bonds. The second kappa shape index (κ2) is 6.87. The molecular weight excluding hydrogens is 345 g/mol. The molecular formula is C21H20FN3O2. The number of benzene rings is 2. The van der Waals surface area contributed by atoms with Gasteiger partial charge in [-0.25, -0.2) is 4.39 Å². The van der Waals surface area contributed by atoms with Crippen molar-refractivity contribution in [2.45, 2.75) is 0 Å². The topological polar surface area (TPSA) is 45.6 Å². The maximum Gasteiger partial charge on any atom is 0.256 e. The van der Waals surface area contributed by atoms with E-state index in [4.69, 9.17) is 0 Å². The first-order chi connectivity index (χ1) is 13.1. The largest absolute Gasteiger partial charge is 0.350 e. The van der Waals surface area contributed by atoms with Crippen LogP contribution in [0, 0.1) is 5.82 Å². The number of amides is 2. The van der Waals surface area contributed by atoms with Crippen molar-refractivity contribution in [3.05, 3.63) is 71.7 Å². The lowest BCUT2D eigenvalue weighted by molar-refractivity contribution is 0.0533. The van der Waals surface area contributed by atoms with Crippen LogP contribution in [-0.2, 0) is 7.05 Å². The maximum atomic E-state index is 13.9. The molecule has 1 aromatic heterocycles. The summed E-state index contributed by atoms with van der Waals surface area (Å²) in [5.41, 5.74) is 1.75. The number of carbonyl (C=O) groups is 2. The van der Waals surface area contributed by atoms with Gasteiger partial charge in [-0.2, -0.15) is 0 Å². The van der Waals surface area contributed by atoms with Gasteiger partial charge in [-0.1, -0.05) is 30.3 Å². The zero-order valence-corrected chi connectivity index (χ0v) is 15.1. The molecule has 0 unspecified atom stereocenters. The van der Waals surface area contributed by atoms with Gasteiger partial charge in [-0.3, -0.25) is 9.59 Å². The SMILES string of the molecule is Cn1cc(C(=O)N2CCN(C(=O)c3ccccc3F)CC2)c2ccccc21. The highest BCUT2D eigenvalue weighted by Gasteiger charge is 2.27. The van der Waals surface area contributed by atoms with Gasteiger partial charge < -0.3 is 14.4 Å². The first-order valence-electron chi connectivity index (χ1n) is 8.93. The summed E-state index contributed by atoms with van der Waals surface area (Å²) in [6, 6.07) is 13.8. The Morgan fingerprint density at radius 3 is 2.04 bits per heavy atom. The van der Waals surface area contributed by atoms with Gasteiger partial charge in [0.1, 0.15) is 5.82 Å². The van der Waals surface area contributed by atoms with Gasteiger partial charge in [0.05, 0.1) is 11.1 Å². The molecule has 0 bridgehead atoms. The van der Waals surface area contributed by atoms with E-state index in [0.717, 1.165) is 10.9 Å². The second-order valence-electron chi connectivity index (χ2n) is 6.74. The minimum absolute atomic E-state index is 0.0372. The first-order valence-corrected chi connectivity index (χ1v) is 8.93. The van der Waals surface area contributed by atoms with Gasteiger partial charge in [0, 0.05) is 50.3 Å². The molecule has 0 N–H and O–H groups in total. The van der Waals surface area contributed by atoms with Crippen LogP contribution in [0.1, 0.15) is 20.7 Å². The second-order valence-corrected chi connectivity index (χ2v) is 6.74. The van der Waals surface area contributed by atoms with Crippen molar-refractivity contribution in [2.24, 2.45) is 7.05 Å². The van der Waals surface area contributed by atoms with Crippen LogP contribution in [0.5, 0.6) is 0 Å². The molecule has 0 saturated carbocycles. The molecule has 5 nitrogen and oxygen atoms in total. The van der Waals surface area contributed by atoms with E-state index >= 15 is 0 Å². The highest BCUT2D eigenvalue weighted by molar-refractivity contribution is 6.07. The number of piperazine rings is 1. The lowest BCUT2D eigenvalue weighted by Gasteiger charge is -2.34. The summed E-state index contributed by atoms with van der Waals surface area (Å²) >= 11 is 0. The normalized spacial score (nSPS) is 14.6. The molecule has 0 radical (unpaired) electrons. The number of halogens is 1. The van der Waals surface area contributed by atoms with E-state index in [9.17, 15) is 14.0 Å². The van der Waals surface area contributed by atoms with Crippen LogP contribution < -0.4 is 0 Å². The highest BCUT2D eigenvalue weighted by Crippen LogP contribution is 2.22. The van der Waals surface area contributed by atoms with Gasteiger partial charge in [0.2, 0.25) is 0 Å². The molecule has 1 fully saturated rings. The number of hydrogen-bond acceptors (Lipinski definition) is 2. The fourth-order valence-electron chi connectivity index (χ4n) is 3.60. The number of nitrogens with zero attached hydrogens (tertiary/aromatic N) is 3. The molecule has 0 spiro atoms. The summed E-state index contributed by atoms with van der Waals surface area (Å²) in [6.45, 7) is 1.65. The van der Waals surface area contributed by atoms with Crippen molar-refractivity contribution < 1.29 is 14.0 Å². The molecule has 0 atom stereocenters. The Labute approximate surface area is 156 Å². The average Bonchev–Trinajstić information content (AvgIpc) is 3.04. The Balaban J connectivity index is 1.48. The third-order valence-corrected chi connectivity index (χ3v) is 5.09. The molecule has 1 saturated heterocycles. The number of aromatic nitrogens is 1. The Hall–Kier alpha value is -3.15. The fourth-order valence-corrected chi connectivity index (χ4v) is 3.60. The summed E-state index contributed by atoms with van der Waals surface area (Å²) in [4.78, 5) is 28.9. The number of para-hydroxylation sites is 1. The quantitative estimate of drug-likeness (QED) is 0.701. The smallest absolute Gasteiger partial charge is 0.256 e. The van der Waals surface area contributed by atoms with Gasteiger partial charge in [0.15, 0.2) is 0 Å². The lowest BCUT2D eigenvalue weighted by atomic mass is 10.1. The third-order valence-electron chi connectivity index (χ3n) is 5.09. The van der Waals surface area contributed by atoms with Crippen LogP contribution in [0.25, 0.3) is 10.9 Å². The molecule has 1 aliphatic rings. The Kier molecular flexibility index (Phi) is 4.39. The minimum Gasteiger partial charge on any atom is -0.350 e. The van der Waals surface area contributed by atoms with E-state index in [-0.39, 0.29) is 17.4 Å². The van der Waals surface area contributed by atoms with E-state index in [0.29, 0.717) is 31.7 Å². The molecule has 3 aromatic rings. The number of carbonyl (C=O) groups excluding carboxylic acids is 2. The van der Waals surface area contributed by atoms with E-state index in [2.05, 4.69) is 0 Å². The maximum absolute atomic E-state index is 13.9. The standard InChI is InChI=1S/C21H20FN3O2/c1-23-14-17(15-6-3-5-9-19(15)23)21(27)25-12-10-24(11-13-25)20(26)16-7-2-4-8-18(16)22/h2-9,14H,10-13H2,1H3. The molecule has 1 aliphatic heterocycles. The zero-order valence-electron chi connectivity index (χ0n) is 15.1. The van der Waals surface area contributed by atoms with Crippen molar-refractivity contribution in [3.63, 3.8) is 0 Å². The van der Waals surface area contributed by atoms with Crippen LogP contribution in [0.3, 0.4) is 0 Å². The molecule has 2 aromatic carbocycles. The van der Waals surface area contributed by atoms with Crippen LogP contribution in [-0.4, -0.2) is 52.4 Å². The molecule has 4 rings (SSSR count). The predicted molar refractivity (Wildman–Crippen MR) is 101 cm³/mol. The van der Waals surface area contributed by atoms with Crippen LogP contribution in [0.4, 0.5) is 4.39 Å². The molecule has 2 heterocycles. The summed E-state index contributed by atoms with van der Waals surface area (Å²) < 4.78 is 15.8. The van der Waals surface area contributed by atoms with Gasteiger partial charge >= 0.3 is 0 Å². The monoisotopic (exact) mass is 365 g/mol. The predicted octanol–water partition coefficient (Wildman–Crippen LogP) is 2.92. The van der Waals surface area contributed by atoms with E-state index < -0.39 is 5.82 Å². The molecule has 27 heavy (non-hydrogen) atoms. The fraction of sp³-hybridized carbons (Fsp3) is 0.238. The molecule has 0 aliphatic carbocycles. The summed E-state index contributed by atoms with van der Waals surface area (Å²) in [5.74, 6) is -0.882. The van der Waals surface area contributed by atoms with Gasteiger partial charge in [0.25, 0.3) is 11.8 Å². The summed E-state index contributed by atoms with van der Waals surface area (Å²) in [6.07, 6.45) is 1.85. The minimum atomic E-state index is -0.517. The highest BCUT2D eigenvalue weighted by atomic mass is 19.1. The number of hydrogen-bond donors (Lipinski definition) is 0. The first kappa shape index (κ1) is 17.3. The van der Waals surface area contributed by atoms with Crippen LogP contribution in [0.2, 0.25) is 0 Å². The van der Waals surface area contributed by atoms with Crippen molar-refractivity contribution in [3.8, 4) is 0 Å². The number of fused-ring (bicyclic) bond motifs is 1. The molecule has 138 valence electrons. The zero-order chi connectivity index (χ0) is 19.0. The van der Waals surface area contributed by atoms with Crippen molar-refractivity contribution in [1.29, 1.82) is 0 Å². The van der Waals surface area contributed by atoms with Crippen molar-refractivity contribution >= 4 is 22.7 Å². The Bertz CT molecular complexity index is 1020. The third kappa shape index (κ3) is 3.07.